The second-order valence-electron chi connectivity index (χ2n) is 5.35. The summed E-state index contributed by atoms with van der Waals surface area (Å²) in [4.78, 5) is 34.9. The Hall–Kier alpha value is -3.22. The number of ether oxygens (including phenoxy) is 1. The number of anilines is 2. The minimum atomic E-state index is -0.710. The van der Waals surface area contributed by atoms with Crippen LogP contribution in [0.4, 0.5) is 15.8 Å². The molecule has 7 heteroatoms. The van der Waals surface area contributed by atoms with Gasteiger partial charge in [0, 0.05) is 18.3 Å². The van der Waals surface area contributed by atoms with Crippen LogP contribution in [-0.2, 0) is 14.3 Å². The van der Waals surface area contributed by atoms with Crippen molar-refractivity contribution in [2.24, 2.45) is 0 Å². The summed E-state index contributed by atoms with van der Waals surface area (Å²) in [6.45, 7) is 2.55. The molecule has 0 aliphatic carbocycles. The van der Waals surface area contributed by atoms with Gasteiger partial charge in [0.15, 0.2) is 6.61 Å². The van der Waals surface area contributed by atoms with Gasteiger partial charge in [-0.25, -0.2) is 9.18 Å². The van der Waals surface area contributed by atoms with Gasteiger partial charge < -0.3 is 15.4 Å². The van der Waals surface area contributed by atoms with Gasteiger partial charge in [0.25, 0.3) is 5.91 Å². The van der Waals surface area contributed by atoms with Crippen molar-refractivity contribution in [3.05, 3.63) is 59.4 Å². The van der Waals surface area contributed by atoms with Crippen LogP contribution in [0.5, 0.6) is 0 Å². The van der Waals surface area contributed by atoms with Gasteiger partial charge in [0.2, 0.25) is 5.91 Å². The van der Waals surface area contributed by atoms with Crippen LogP contribution in [0.25, 0.3) is 0 Å². The van der Waals surface area contributed by atoms with Crippen molar-refractivity contribution in [3.63, 3.8) is 0 Å². The van der Waals surface area contributed by atoms with Crippen molar-refractivity contribution >= 4 is 29.2 Å². The Morgan fingerprint density at radius 2 is 1.84 bits per heavy atom. The molecule has 0 atom stereocenters. The van der Waals surface area contributed by atoms with Gasteiger partial charge in [-0.05, 0) is 42.8 Å². The third-order valence-electron chi connectivity index (χ3n) is 3.23. The molecular weight excluding hydrogens is 327 g/mol. The predicted octanol–water partition coefficient (Wildman–Crippen LogP) is 2.89. The maximum Gasteiger partial charge on any atom is 0.338 e. The number of amides is 2. The minimum absolute atomic E-state index is 0.195. The number of carbonyl (C=O) groups excluding carboxylic acids is 3. The van der Waals surface area contributed by atoms with E-state index in [1.165, 1.54) is 37.3 Å². The summed E-state index contributed by atoms with van der Waals surface area (Å²) in [5.74, 6) is -2.04. The normalized spacial score (nSPS) is 10.0. The number of rotatable bonds is 5. The summed E-state index contributed by atoms with van der Waals surface area (Å²) in [7, 11) is 0. The highest BCUT2D eigenvalue weighted by Gasteiger charge is 2.12. The molecule has 6 nitrogen and oxygen atoms in total. The topological polar surface area (TPSA) is 84.5 Å². The van der Waals surface area contributed by atoms with Gasteiger partial charge >= 0.3 is 5.97 Å². The van der Waals surface area contributed by atoms with Crippen LogP contribution in [0, 0.1) is 12.7 Å². The molecule has 0 saturated carbocycles. The summed E-state index contributed by atoms with van der Waals surface area (Å²) in [6, 6.07) is 10.2. The summed E-state index contributed by atoms with van der Waals surface area (Å²) in [6.07, 6.45) is 0. The van der Waals surface area contributed by atoms with E-state index in [0.29, 0.717) is 16.9 Å². The first-order valence-corrected chi connectivity index (χ1v) is 7.46. The lowest BCUT2D eigenvalue weighted by Gasteiger charge is -2.09. The van der Waals surface area contributed by atoms with Gasteiger partial charge in [0.1, 0.15) is 5.82 Å². The first-order valence-electron chi connectivity index (χ1n) is 7.46. The largest absolute Gasteiger partial charge is 0.452 e. The molecule has 2 rings (SSSR count). The second kappa shape index (κ2) is 8.05. The molecule has 2 aromatic rings. The molecule has 0 unspecified atom stereocenters. The molecule has 0 fully saturated rings. The third kappa shape index (κ3) is 5.42. The average molecular weight is 344 g/mol. The quantitative estimate of drug-likeness (QED) is 0.817. The third-order valence-corrected chi connectivity index (χ3v) is 3.23. The number of nitrogens with one attached hydrogen (secondary N) is 2. The molecular formula is C18H17FN2O4. The van der Waals surface area contributed by atoms with Gasteiger partial charge in [-0.3, -0.25) is 9.59 Å². The first kappa shape index (κ1) is 18.1. The Morgan fingerprint density at radius 1 is 1.08 bits per heavy atom. The zero-order valence-corrected chi connectivity index (χ0v) is 13.8. The molecule has 0 aliphatic heterocycles. The van der Waals surface area contributed by atoms with E-state index in [1.54, 1.807) is 19.1 Å². The van der Waals surface area contributed by atoms with Crippen LogP contribution in [0.1, 0.15) is 22.8 Å². The molecule has 0 radical (unpaired) electrons. The van der Waals surface area contributed by atoms with E-state index in [0.717, 1.165) is 0 Å². The lowest BCUT2D eigenvalue weighted by atomic mass is 10.2. The summed E-state index contributed by atoms with van der Waals surface area (Å²) in [5, 5.41) is 5.03. The van der Waals surface area contributed by atoms with Crippen LogP contribution in [0.2, 0.25) is 0 Å². The van der Waals surface area contributed by atoms with Crippen molar-refractivity contribution in [1.82, 2.24) is 0 Å². The first-order chi connectivity index (χ1) is 11.8. The molecule has 2 N–H and O–H groups in total. The maximum absolute atomic E-state index is 13.2. The number of hydrogen-bond donors (Lipinski definition) is 2. The Balaban J connectivity index is 1.94. The molecule has 130 valence electrons. The maximum atomic E-state index is 13.2. The lowest BCUT2D eigenvalue weighted by molar-refractivity contribution is -0.119. The number of aryl methyl sites for hydroxylation is 1. The van der Waals surface area contributed by atoms with E-state index in [2.05, 4.69) is 10.6 Å². The van der Waals surface area contributed by atoms with Crippen LogP contribution in [-0.4, -0.2) is 24.4 Å². The molecule has 25 heavy (non-hydrogen) atoms. The van der Waals surface area contributed by atoms with Crippen LogP contribution in [0.3, 0.4) is 0 Å². The van der Waals surface area contributed by atoms with Crippen molar-refractivity contribution in [2.45, 2.75) is 13.8 Å². The summed E-state index contributed by atoms with van der Waals surface area (Å²) < 4.78 is 18.1. The molecule has 0 spiro atoms. The van der Waals surface area contributed by atoms with Gasteiger partial charge in [-0.15, -0.1) is 0 Å². The second-order valence-corrected chi connectivity index (χ2v) is 5.35. The van der Waals surface area contributed by atoms with Crippen molar-refractivity contribution in [2.75, 3.05) is 17.2 Å². The Kier molecular flexibility index (Phi) is 5.84. The fraction of sp³-hybridized carbons (Fsp3) is 0.167. The molecule has 0 heterocycles. The van der Waals surface area contributed by atoms with Gasteiger partial charge in [0.05, 0.1) is 5.56 Å². The van der Waals surface area contributed by atoms with Gasteiger partial charge in [-0.1, -0.05) is 12.1 Å². The fourth-order valence-electron chi connectivity index (χ4n) is 2.06. The van der Waals surface area contributed by atoms with Crippen molar-refractivity contribution in [1.29, 1.82) is 0 Å². The molecule has 2 aromatic carbocycles. The van der Waals surface area contributed by atoms with Crippen molar-refractivity contribution in [3.8, 4) is 0 Å². The lowest BCUT2D eigenvalue weighted by Crippen LogP contribution is -2.21. The minimum Gasteiger partial charge on any atom is -0.452 e. The van der Waals surface area contributed by atoms with Crippen molar-refractivity contribution < 1.29 is 23.5 Å². The highest BCUT2D eigenvalue weighted by Crippen LogP contribution is 2.16. The number of benzene rings is 2. The molecule has 0 bridgehead atoms. The average Bonchev–Trinajstić information content (AvgIpc) is 2.55. The van der Waals surface area contributed by atoms with Crippen LogP contribution < -0.4 is 10.6 Å². The smallest absolute Gasteiger partial charge is 0.338 e. The number of carbonyl (C=O) groups is 3. The highest BCUT2D eigenvalue weighted by atomic mass is 19.1. The Morgan fingerprint density at radius 3 is 2.56 bits per heavy atom. The standard InChI is InChI=1S/C18H17FN2O4/c1-11-6-7-14(19)9-16(11)21-17(23)10-25-18(24)13-4-3-5-15(8-13)20-12(2)22/h3-9H,10H2,1-2H3,(H,20,22)(H,21,23). The zero-order chi connectivity index (χ0) is 18.4. The zero-order valence-electron chi connectivity index (χ0n) is 13.8. The van der Waals surface area contributed by atoms with Crippen LogP contribution >= 0.6 is 0 Å². The monoisotopic (exact) mass is 344 g/mol. The van der Waals surface area contributed by atoms with Gasteiger partial charge in [-0.2, -0.15) is 0 Å². The number of halogens is 1. The Bertz CT molecular complexity index is 820. The van der Waals surface area contributed by atoms with E-state index in [4.69, 9.17) is 4.74 Å². The Labute approximate surface area is 144 Å². The molecule has 0 saturated heterocycles. The number of hydrogen-bond acceptors (Lipinski definition) is 4. The van der Waals surface area contributed by atoms with E-state index < -0.39 is 24.3 Å². The highest BCUT2D eigenvalue weighted by molar-refractivity contribution is 5.97. The fourth-order valence-corrected chi connectivity index (χ4v) is 2.06. The van der Waals surface area contributed by atoms with E-state index >= 15 is 0 Å². The van der Waals surface area contributed by atoms with E-state index in [1.807, 2.05) is 0 Å². The van der Waals surface area contributed by atoms with E-state index in [9.17, 15) is 18.8 Å². The molecule has 2 amide bonds. The van der Waals surface area contributed by atoms with Crippen LogP contribution in [0.15, 0.2) is 42.5 Å². The summed E-state index contributed by atoms with van der Waals surface area (Å²) in [5.41, 5.74) is 1.64. The van der Waals surface area contributed by atoms with E-state index in [-0.39, 0.29) is 11.5 Å². The number of esters is 1. The summed E-state index contributed by atoms with van der Waals surface area (Å²) >= 11 is 0. The molecule has 0 aliphatic rings. The predicted molar refractivity (Wildman–Crippen MR) is 90.8 cm³/mol. The SMILES string of the molecule is CC(=O)Nc1cccc(C(=O)OCC(=O)Nc2cc(F)ccc2C)c1. The molecule has 0 aromatic heterocycles.